The van der Waals surface area contributed by atoms with Gasteiger partial charge in [-0.3, -0.25) is 5.10 Å². The second-order valence-corrected chi connectivity index (χ2v) is 5.83. The first-order valence-electron chi connectivity index (χ1n) is 4.95. The number of aliphatic hydroxyl groups is 1. The second-order valence-electron chi connectivity index (χ2n) is 3.90. The van der Waals surface area contributed by atoms with Crippen molar-refractivity contribution in [1.82, 2.24) is 14.5 Å². The third kappa shape index (κ3) is 2.11. The van der Waals surface area contributed by atoms with Crippen LogP contribution in [0.25, 0.3) is 0 Å². The quantitative estimate of drug-likeness (QED) is 0.798. The van der Waals surface area contributed by atoms with E-state index in [1.807, 2.05) is 0 Å². The van der Waals surface area contributed by atoms with Crippen molar-refractivity contribution < 1.29 is 13.5 Å². The Morgan fingerprint density at radius 3 is 2.50 bits per heavy atom. The topological polar surface area (TPSA) is 86.3 Å². The van der Waals surface area contributed by atoms with Crippen molar-refractivity contribution in [2.75, 3.05) is 7.05 Å². The first-order chi connectivity index (χ1) is 7.32. The van der Waals surface area contributed by atoms with Gasteiger partial charge >= 0.3 is 0 Å². The van der Waals surface area contributed by atoms with Gasteiger partial charge in [0.05, 0.1) is 12.3 Å². The average molecular weight is 247 g/mol. The summed E-state index contributed by atoms with van der Waals surface area (Å²) in [7, 11) is -2.08. The summed E-state index contributed by atoms with van der Waals surface area (Å²) in [6, 6.07) is -0.147. The monoisotopic (exact) mass is 247 g/mol. The van der Waals surface area contributed by atoms with Gasteiger partial charge in [-0.25, -0.2) is 8.42 Å². The number of hydrogen-bond acceptors (Lipinski definition) is 4. The molecule has 2 N–H and O–H groups in total. The molecule has 0 unspecified atom stereocenters. The molecule has 0 fully saturated rings. The summed E-state index contributed by atoms with van der Waals surface area (Å²) < 4.78 is 25.6. The maximum atomic E-state index is 12.2. The van der Waals surface area contributed by atoms with Gasteiger partial charge in [-0.1, -0.05) is 0 Å². The lowest BCUT2D eigenvalue weighted by Crippen LogP contribution is -2.33. The molecule has 0 radical (unpaired) electrons. The molecule has 6 nitrogen and oxygen atoms in total. The fourth-order valence-corrected chi connectivity index (χ4v) is 3.02. The molecule has 0 saturated carbocycles. The smallest absolute Gasteiger partial charge is 0.246 e. The molecule has 0 aliphatic rings. The second kappa shape index (κ2) is 4.52. The Kier molecular flexibility index (Phi) is 3.72. The van der Waals surface area contributed by atoms with Crippen molar-refractivity contribution in [3.8, 4) is 0 Å². The molecule has 1 heterocycles. The van der Waals surface area contributed by atoms with Crippen LogP contribution in [-0.2, 0) is 16.6 Å². The predicted octanol–water partition coefficient (Wildman–Crippen LogP) is 0.239. The molecule has 16 heavy (non-hydrogen) atoms. The van der Waals surface area contributed by atoms with Crippen LogP contribution in [-0.4, -0.2) is 41.1 Å². The molecule has 0 aliphatic carbocycles. The van der Waals surface area contributed by atoms with E-state index in [-0.39, 0.29) is 16.6 Å². The number of aliphatic hydroxyl groups excluding tert-OH is 1. The minimum Gasteiger partial charge on any atom is -0.390 e. The molecule has 0 amide bonds. The van der Waals surface area contributed by atoms with Gasteiger partial charge in [-0.2, -0.15) is 9.40 Å². The molecule has 0 aromatic carbocycles. The maximum Gasteiger partial charge on any atom is 0.246 e. The Hall–Kier alpha value is -0.920. The number of aromatic amines is 1. The first kappa shape index (κ1) is 13.1. The Labute approximate surface area is 95.3 Å². The lowest BCUT2D eigenvalue weighted by atomic mass is 10.4. The molecule has 1 rings (SSSR count). The van der Waals surface area contributed by atoms with Gasteiger partial charge in [0.2, 0.25) is 10.0 Å². The number of nitrogens with one attached hydrogen (secondary N) is 1. The fraction of sp³-hybridized carbons (Fsp3) is 0.667. The maximum absolute atomic E-state index is 12.2. The highest BCUT2D eigenvalue weighted by molar-refractivity contribution is 7.89. The molecule has 0 bridgehead atoms. The van der Waals surface area contributed by atoms with E-state index in [1.165, 1.54) is 11.4 Å². The standard InChI is InChI=1S/C9H17N3O3S/c1-6(2)12(4)16(14,15)9-7(3)10-11-8(9)5-13/h6,13H,5H2,1-4H3,(H,10,11). The van der Waals surface area contributed by atoms with E-state index in [1.54, 1.807) is 20.8 Å². The predicted molar refractivity (Wildman–Crippen MR) is 59.3 cm³/mol. The van der Waals surface area contributed by atoms with Crippen molar-refractivity contribution in [3.05, 3.63) is 11.4 Å². The van der Waals surface area contributed by atoms with Crippen molar-refractivity contribution >= 4 is 10.0 Å². The van der Waals surface area contributed by atoms with Gasteiger partial charge in [0, 0.05) is 13.1 Å². The van der Waals surface area contributed by atoms with E-state index in [4.69, 9.17) is 5.11 Å². The van der Waals surface area contributed by atoms with E-state index in [0.717, 1.165) is 0 Å². The van der Waals surface area contributed by atoms with Crippen LogP contribution in [0.15, 0.2) is 4.90 Å². The summed E-state index contributed by atoms with van der Waals surface area (Å²) in [6.45, 7) is 4.79. The van der Waals surface area contributed by atoms with Crippen LogP contribution in [0.2, 0.25) is 0 Å². The van der Waals surface area contributed by atoms with Crippen LogP contribution in [0.3, 0.4) is 0 Å². The van der Waals surface area contributed by atoms with Gasteiger partial charge in [0.25, 0.3) is 0 Å². The van der Waals surface area contributed by atoms with E-state index in [9.17, 15) is 8.42 Å². The minimum absolute atomic E-state index is 0.0752. The molecule has 0 spiro atoms. The molecule has 7 heteroatoms. The van der Waals surface area contributed by atoms with Crippen molar-refractivity contribution in [1.29, 1.82) is 0 Å². The normalized spacial score (nSPS) is 12.7. The zero-order chi connectivity index (χ0) is 12.5. The minimum atomic E-state index is -3.59. The number of hydrogen-bond donors (Lipinski definition) is 2. The van der Waals surface area contributed by atoms with Crippen molar-refractivity contribution in [3.63, 3.8) is 0 Å². The summed E-state index contributed by atoms with van der Waals surface area (Å²) in [5, 5.41) is 15.4. The van der Waals surface area contributed by atoms with Crippen molar-refractivity contribution in [2.24, 2.45) is 0 Å². The van der Waals surface area contributed by atoms with Crippen LogP contribution in [0.5, 0.6) is 0 Å². The summed E-state index contributed by atoms with van der Waals surface area (Å²) in [6.07, 6.45) is 0. The van der Waals surface area contributed by atoms with Gasteiger partial charge < -0.3 is 5.11 Å². The fourth-order valence-electron chi connectivity index (χ4n) is 1.34. The summed E-state index contributed by atoms with van der Waals surface area (Å²) in [5.41, 5.74) is 0.599. The van der Waals surface area contributed by atoms with Crippen LogP contribution in [0, 0.1) is 6.92 Å². The van der Waals surface area contributed by atoms with Gasteiger partial charge in [0.1, 0.15) is 10.6 Å². The molecule has 92 valence electrons. The van der Waals surface area contributed by atoms with Crippen LogP contribution >= 0.6 is 0 Å². The first-order valence-corrected chi connectivity index (χ1v) is 6.39. The molecular formula is C9H17N3O3S. The van der Waals surface area contributed by atoms with Gasteiger partial charge in [-0.05, 0) is 20.8 Å². The Bertz CT molecular complexity index is 464. The largest absolute Gasteiger partial charge is 0.390 e. The number of sulfonamides is 1. The Morgan fingerprint density at radius 2 is 2.06 bits per heavy atom. The van der Waals surface area contributed by atoms with Crippen LogP contribution in [0.1, 0.15) is 25.2 Å². The van der Waals surface area contributed by atoms with Crippen LogP contribution in [0.4, 0.5) is 0 Å². The van der Waals surface area contributed by atoms with E-state index < -0.39 is 16.6 Å². The number of aromatic nitrogens is 2. The summed E-state index contributed by atoms with van der Waals surface area (Å²) in [5.74, 6) is 0. The third-order valence-corrected chi connectivity index (χ3v) is 4.71. The van der Waals surface area contributed by atoms with Crippen LogP contribution < -0.4 is 0 Å². The lowest BCUT2D eigenvalue weighted by Gasteiger charge is -2.21. The zero-order valence-corrected chi connectivity index (χ0v) is 10.7. The molecule has 1 aromatic rings. The number of nitrogens with zero attached hydrogens (tertiary/aromatic N) is 2. The Balaban J connectivity index is 3.32. The van der Waals surface area contributed by atoms with Gasteiger partial charge in [0.15, 0.2) is 0 Å². The highest BCUT2D eigenvalue weighted by Gasteiger charge is 2.29. The number of aryl methyl sites for hydroxylation is 1. The summed E-state index contributed by atoms with van der Waals surface area (Å²) >= 11 is 0. The zero-order valence-electron chi connectivity index (χ0n) is 9.85. The molecule has 1 aromatic heterocycles. The average Bonchev–Trinajstić information content (AvgIpc) is 2.58. The number of H-pyrrole nitrogens is 1. The van der Waals surface area contributed by atoms with Gasteiger partial charge in [-0.15, -0.1) is 0 Å². The molecular weight excluding hydrogens is 230 g/mol. The van der Waals surface area contributed by atoms with E-state index in [2.05, 4.69) is 10.2 Å². The third-order valence-electron chi connectivity index (χ3n) is 2.48. The van der Waals surface area contributed by atoms with Crippen molar-refractivity contribution in [2.45, 2.75) is 38.3 Å². The van der Waals surface area contributed by atoms with E-state index in [0.29, 0.717) is 5.69 Å². The molecule has 0 aliphatic heterocycles. The molecule has 0 atom stereocenters. The number of rotatable bonds is 4. The highest BCUT2D eigenvalue weighted by atomic mass is 32.2. The highest BCUT2D eigenvalue weighted by Crippen LogP contribution is 2.22. The van der Waals surface area contributed by atoms with E-state index >= 15 is 0 Å². The summed E-state index contributed by atoms with van der Waals surface area (Å²) in [4.78, 5) is 0.0752. The Morgan fingerprint density at radius 1 is 1.50 bits per heavy atom. The SMILES string of the molecule is Cc1[nH]nc(CO)c1S(=O)(=O)N(C)C(C)C. The molecule has 0 saturated heterocycles. The lowest BCUT2D eigenvalue weighted by molar-refractivity contribution is 0.273.